The second kappa shape index (κ2) is 5.05. The molecule has 0 atom stereocenters. The average molecular weight is 240 g/mol. The van der Waals surface area contributed by atoms with Gasteiger partial charge in [-0.2, -0.15) is 0 Å². The van der Waals surface area contributed by atoms with Gasteiger partial charge in [0.15, 0.2) is 0 Å². The predicted octanol–water partition coefficient (Wildman–Crippen LogP) is 4.18. The Kier molecular flexibility index (Phi) is 3.47. The van der Waals surface area contributed by atoms with Gasteiger partial charge in [0, 0.05) is 0 Å². The Labute approximate surface area is 107 Å². The van der Waals surface area contributed by atoms with Crippen LogP contribution in [-0.2, 0) is 0 Å². The lowest BCUT2D eigenvalue weighted by Gasteiger charge is -2.10. The number of carboxylic acids is 1. The second-order valence-corrected chi connectivity index (χ2v) is 4.63. The Morgan fingerprint density at radius 1 is 1.06 bits per heavy atom. The monoisotopic (exact) mass is 240 g/mol. The van der Waals surface area contributed by atoms with Crippen LogP contribution < -0.4 is 0 Å². The summed E-state index contributed by atoms with van der Waals surface area (Å²) in [5.41, 5.74) is 3.29. The van der Waals surface area contributed by atoms with Gasteiger partial charge in [-0.05, 0) is 28.7 Å². The number of aromatic carboxylic acids is 1. The van der Waals surface area contributed by atoms with E-state index in [-0.39, 0.29) is 0 Å². The maximum Gasteiger partial charge on any atom is 0.336 e. The van der Waals surface area contributed by atoms with Gasteiger partial charge >= 0.3 is 5.97 Å². The van der Waals surface area contributed by atoms with Crippen LogP contribution in [0, 0.1) is 0 Å². The Hall–Kier alpha value is -2.09. The van der Waals surface area contributed by atoms with Gasteiger partial charge in [0.2, 0.25) is 0 Å². The van der Waals surface area contributed by atoms with E-state index in [9.17, 15) is 9.90 Å². The fraction of sp³-hybridized carbons (Fsp3) is 0.188. The summed E-state index contributed by atoms with van der Waals surface area (Å²) in [6.07, 6.45) is 0. The van der Waals surface area contributed by atoms with E-state index in [1.807, 2.05) is 24.3 Å². The van der Waals surface area contributed by atoms with Crippen LogP contribution in [0.1, 0.15) is 35.7 Å². The number of hydrogen-bond acceptors (Lipinski definition) is 1. The summed E-state index contributed by atoms with van der Waals surface area (Å²) in [5.74, 6) is -0.456. The molecule has 0 saturated heterocycles. The number of carbonyl (C=O) groups is 1. The molecule has 2 aromatic rings. The van der Waals surface area contributed by atoms with Gasteiger partial charge in [-0.3, -0.25) is 0 Å². The molecule has 0 aromatic heterocycles. The van der Waals surface area contributed by atoms with Gasteiger partial charge in [-0.1, -0.05) is 56.3 Å². The molecule has 0 amide bonds. The maximum atomic E-state index is 11.2. The van der Waals surface area contributed by atoms with Gasteiger partial charge < -0.3 is 5.11 Å². The Morgan fingerprint density at radius 2 is 1.78 bits per heavy atom. The van der Waals surface area contributed by atoms with Crippen molar-refractivity contribution >= 4 is 5.97 Å². The highest BCUT2D eigenvalue weighted by Crippen LogP contribution is 2.26. The van der Waals surface area contributed by atoms with Crippen LogP contribution in [0.2, 0.25) is 0 Å². The molecule has 2 rings (SSSR count). The molecule has 2 heteroatoms. The SMILES string of the molecule is CC(C)c1cccc(-c2ccccc2C(=O)O)c1. The molecule has 0 bridgehead atoms. The first kappa shape index (κ1) is 12.4. The smallest absolute Gasteiger partial charge is 0.336 e. The fourth-order valence-electron chi connectivity index (χ4n) is 1.99. The maximum absolute atomic E-state index is 11.2. The van der Waals surface area contributed by atoms with Crippen LogP contribution in [-0.4, -0.2) is 11.1 Å². The van der Waals surface area contributed by atoms with E-state index in [1.165, 1.54) is 5.56 Å². The summed E-state index contributed by atoms with van der Waals surface area (Å²) in [6.45, 7) is 4.25. The molecule has 0 aliphatic heterocycles. The lowest BCUT2D eigenvalue weighted by molar-refractivity contribution is 0.0697. The molecule has 0 saturated carbocycles. The Morgan fingerprint density at radius 3 is 2.44 bits per heavy atom. The third kappa shape index (κ3) is 2.43. The van der Waals surface area contributed by atoms with E-state index in [2.05, 4.69) is 26.0 Å². The lowest BCUT2D eigenvalue weighted by Crippen LogP contribution is -1.99. The third-order valence-corrected chi connectivity index (χ3v) is 3.02. The molecular weight excluding hydrogens is 224 g/mol. The second-order valence-electron chi connectivity index (χ2n) is 4.63. The first-order valence-electron chi connectivity index (χ1n) is 6.02. The quantitative estimate of drug-likeness (QED) is 0.874. The molecule has 0 radical (unpaired) electrons. The summed E-state index contributed by atoms with van der Waals surface area (Å²) in [7, 11) is 0. The van der Waals surface area contributed by atoms with Crippen LogP contribution in [0.3, 0.4) is 0 Å². The first-order valence-corrected chi connectivity index (χ1v) is 6.02. The van der Waals surface area contributed by atoms with E-state index in [0.29, 0.717) is 11.5 Å². The van der Waals surface area contributed by atoms with Crippen molar-refractivity contribution in [3.63, 3.8) is 0 Å². The molecule has 0 aliphatic carbocycles. The normalized spacial score (nSPS) is 10.6. The van der Waals surface area contributed by atoms with Crippen molar-refractivity contribution in [3.05, 3.63) is 59.7 Å². The highest BCUT2D eigenvalue weighted by atomic mass is 16.4. The standard InChI is InChI=1S/C16H16O2/c1-11(2)12-6-5-7-13(10-12)14-8-3-4-9-15(14)16(17)18/h3-11H,1-2H3,(H,17,18). The molecular formula is C16H16O2. The van der Waals surface area contributed by atoms with Crippen molar-refractivity contribution in [1.29, 1.82) is 0 Å². The Bertz CT molecular complexity index is 571. The van der Waals surface area contributed by atoms with Gasteiger partial charge in [0.25, 0.3) is 0 Å². The van der Waals surface area contributed by atoms with E-state index in [1.54, 1.807) is 12.1 Å². The zero-order valence-electron chi connectivity index (χ0n) is 10.6. The minimum Gasteiger partial charge on any atom is -0.478 e. The van der Waals surface area contributed by atoms with Crippen LogP contribution in [0.25, 0.3) is 11.1 Å². The van der Waals surface area contributed by atoms with E-state index in [4.69, 9.17) is 0 Å². The van der Waals surface area contributed by atoms with Crippen LogP contribution in [0.5, 0.6) is 0 Å². The van der Waals surface area contributed by atoms with Crippen molar-refractivity contribution in [3.8, 4) is 11.1 Å². The van der Waals surface area contributed by atoms with E-state index < -0.39 is 5.97 Å². The zero-order valence-corrected chi connectivity index (χ0v) is 10.6. The number of carboxylic acid groups (broad SMARTS) is 1. The van der Waals surface area contributed by atoms with Gasteiger partial charge in [0.05, 0.1) is 5.56 Å². The zero-order chi connectivity index (χ0) is 13.1. The summed E-state index contributed by atoms with van der Waals surface area (Å²) in [4.78, 5) is 11.2. The Balaban J connectivity index is 2.55. The molecule has 2 aromatic carbocycles. The largest absolute Gasteiger partial charge is 0.478 e. The van der Waals surface area contributed by atoms with E-state index in [0.717, 1.165) is 11.1 Å². The highest BCUT2D eigenvalue weighted by Gasteiger charge is 2.11. The molecule has 0 fully saturated rings. The minimum absolute atomic E-state index is 0.346. The minimum atomic E-state index is -0.888. The average Bonchev–Trinajstić information content (AvgIpc) is 2.39. The number of rotatable bonds is 3. The van der Waals surface area contributed by atoms with Crippen molar-refractivity contribution in [1.82, 2.24) is 0 Å². The van der Waals surface area contributed by atoms with Crippen molar-refractivity contribution in [2.45, 2.75) is 19.8 Å². The summed E-state index contributed by atoms with van der Waals surface area (Å²) in [5, 5.41) is 9.21. The molecule has 0 unspecified atom stereocenters. The van der Waals surface area contributed by atoms with Gasteiger partial charge in [0.1, 0.15) is 0 Å². The summed E-state index contributed by atoms with van der Waals surface area (Å²) in [6, 6.07) is 15.2. The molecule has 0 heterocycles. The number of benzene rings is 2. The molecule has 1 N–H and O–H groups in total. The van der Waals surface area contributed by atoms with Crippen LogP contribution in [0.15, 0.2) is 48.5 Å². The molecule has 0 aliphatic rings. The highest BCUT2D eigenvalue weighted by molar-refractivity contribution is 5.96. The van der Waals surface area contributed by atoms with Crippen molar-refractivity contribution < 1.29 is 9.90 Å². The first-order chi connectivity index (χ1) is 8.59. The molecule has 2 nitrogen and oxygen atoms in total. The molecule has 18 heavy (non-hydrogen) atoms. The van der Waals surface area contributed by atoms with Crippen LogP contribution >= 0.6 is 0 Å². The van der Waals surface area contributed by atoms with Gasteiger partial charge in [-0.25, -0.2) is 4.79 Å². The number of hydrogen-bond donors (Lipinski definition) is 1. The van der Waals surface area contributed by atoms with Crippen molar-refractivity contribution in [2.75, 3.05) is 0 Å². The summed E-state index contributed by atoms with van der Waals surface area (Å²) >= 11 is 0. The molecule has 0 spiro atoms. The predicted molar refractivity (Wildman–Crippen MR) is 72.9 cm³/mol. The van der Waals surface area contributed by atoms with E-state index >= 15 is 0 Å². The third-order valence-electron chi connectivity index (χ3n) is 3.02. The van der Waals surface area contributed by atoms with Crippen molar-refractivity contribution in [2.24, 2.45) is 0 Å². The summed E-state index contributed by atoms with van der Waals surface area (Å²) < 4.78 is 0. The van der Waals surface area contributed by atoms with Crippen LogP contribution in [0.4, 0.5) is 0 Å². The molecule has 92 valence electrons. The topological polar surface area (TPSA) is 37.3 Å². The van der Waals surface area contributed by atoms with Gasteiger partial charge in [-0.15, -0.1) is 0 Å². The lowest BCUT2D eigenvalue weighted by atomic mass is 9.95. The fourth-order valence-corrected chi connectivity index (χ4v) is 1.99.